The first-order chi connectivity index (χ1) is 63.2. The van der Waals surface area contributed by atoms with Crippen molar-refractivity contribution < 1.29 is 8.23 Å². The minimum absolute atomic E-state index is 0. The van der Waals surface area contributed by atoms with Crippen LogP contribution in [0.15, 0.2) is 12.7 Å². The fraction of sp³-hybridized carbons (Fsp3) is 0.984. The van der Waals surface area contributed by atoms with Crippen LogP contribution in [0.1, 0.15) is 715 Å². The number of hydrogen-bond donors (Lipinski definition) is 3. The second-order valence-electron chi connectivity index (χ2n) is 43.0. The highest BCUT2D eigenvalue weighted by Crippen LogP contribution is 2.37. The van der Waals surface area contributed by atoms with Crippen molar-refractivity contribution in [3.05, 3.63) is 12.7 Å². The molecule has 0 aromatic rings. The van der Waals surface area contributed by atoms with Gasteiger partial charge >= 0.3 is 0 Å². The molecule has 0 spiro atoms. The van der Waals surface area contributed by atoms with Crippen molar-refractivity contribution >= 4 is 34.7 Å². The molecule has 0 aromatic carbocycles. The molecule has 0 aliphatic carbocycles. The molecule has 0 aromatic heterocycles. The zero-order valence-corrected chi connectivity index (χ0v) is 95.4. The van der Waals surface area contributed by atoms with Crippen LogP contribution in [0.3, 0.4) is 0 Å². The molecule has 0 heterocycles. The van der Waals surface area contributed by atoms with Crippen molar-refractivity contribution in [3.8, 4) is 0 Å². The Morgan fingerprint density at radius 1 is 0.201 bits per heavy atom. The summed E-state index contributed by atoms with van der Waals surface area (Å²) >= 11 is 0. The average molecular weight is 1970 g/mol. The maximum absolute atomic E-state index is 7.97. The quantitative estimate of drug-likeness (QED) is 0.0320. The third-order valence-corrected chi connectivity index (χ3v) is 46.6. The lowest BCUT2D eigenvalue weighted by molar-refractivity contribution is 0.478. The van der Waals surface area contributed by atoms with Crippen LogP contribution >= 0.6 is 0 Å². The lowest BCUT2D eigenvalue weighted by atomic mass is 10.0. The molecule has 0 saturated carbocycles. The van der Waals surface area contributed by atoms with E-state index in [1.54, 1.807) is 6.08 Å². The van der Waals surface area contributed by atoms with Crippen LogP contribution in [0.4, 0.5) is 0 Å². The monoisotopic (exact) mass is 1970 g/mol. The standard InChI is InChI=1S/C61H130N2OSi2.C55H116OSi2.C3H7N.6CH4/c1-5-8-11-14-17-20-23-26-29-32-35-38-41-44-47-50-57-65(4,58-53-55-62)64-66(61-54-56-63,59-51-48-45-42-39-36-33-30-27-24-21-18-15-12-9-6-2)60-52-49-46-43-40-37-34-31-28-25-22-19-16-13-10-7-3;1-5-8-11-14-17-20-23-26-29-32-35-38-41-44-47-50-53-57(4)56-58(54-51-48-45-42-39-36-33-30-27-24-21-18-15-12-9-6-2)55-52-49-46-43-40-37-34-31-28-25-22-19-16-13-10-7-3;1-2-3-4;;;;;;/h5-63H2,1-4H3;57-58H,5-55H2,1-4H3;2H,1,3-4H2;6*1H4. The molecule has 0 bridgehead atoms. The average Bonchev–Trinajstić information content (AvgIpc) is 0.820. The molecule has 0 radical (unpaired) electrons. The highest BCUT2D eigenvalue weighted by Gasteiger charge is 2.41. The van der Waals surface area contributed by atoms with Gasteiger partial charge in [-0.1, -0.05) is 709 Å². The van der Waals surface area contributed by atoms with Gasteiger partial charge in [-0.25, -0.2) is 0 Å². The summed E-state index contributed by atoms with van der Waals surface area (Å²) < 4.78 is 15.1. The summed E-state index contributed by atoms with van der Waals surface area (Å²) in [6.07, 6.45) is 144. The van der Waals surface area contributed by atoms with Gasteiger partial charge in [0, 0.05) is 6.54 Å². The summed E-state index contributed by atoms with van der Waals surface area (Å²) in [5.41, 5.74) is 17.5. The minimum Gasteiger partial charge on any atom is -0.460 e. The van der Waals surface area contributed by atoms with Gasteiger partial charge in [0.15, 0.2) is 34.7 Å². The highest BCUT2D eigenvalue weighted by molar-refractivity contribution is 6.86. The van der Waals surface area contributed by atoms with Crippen molar-refractivity contribution in [2.45, 2.75) is 777 Å². The van der Waals surface area contributed by atoms with Crippen molar-refractivity contribution in [1.29, 1.82) is 0 Å². The van der Waals surface area contributed by atoms with Gasteiger partial charge in [-0.15, -0.1) is 6.58 Å². The molecule has 9 heteroatoms. The molecule has 0 rings (SSSR count). The van der Waals surface area contributed by atoms with Gasteiger partial charge in [0.2, 0.25) is 0 Å². The fourth-order valence-corrected chi connectivity index (χ4v) is 39.4. The second kappa shape index (κ2) is 138. The van der Waals surface area contributed by atoms with E-state index in [0.29, 0.717) is 6.54 Å². The molecule has 0 aliphatic rings. The first-order valence-corrected chi connectivity index (χ1v) is 71.1. The normalized spacial score (nSPS) is 11.9. The molecule has 0 aliphatic heterocycles. The molecule has 0 fully saturated rings. The first kappa shape index (κ1) is 152. The number of unbranched alkanes of at least 4 members (excludes halogenated alkanes) is 90. The summed E-state index contributed by atoms with van der Waals surface area (Å²) in [6.45, 7) is 24.7. The topological polar surface area (TPSA) is 96.5 Å². The van der Waals surface area contributed by atoms with Crippen LogP contribution < -0.4 is 17.2 Å². The largest absolute Gasteiger partial charge is 0.460 e. The Kier molecular flexibility index (Phi) is 156. The van der Waals surface area contributed by atoms with E-state index in [9.17, 15) is 0 Å². The van der Waals surface area contributed by atoms with Crippen LogP contribution in [0.2, 0.25) is 61.4 Å². The Hall–Kier alpha value is 0.408. The SMILES string of the molecule is C.C.C.C.C.C.C=CCN.CCCCCCCCCCCCCCCCCC[SiH](C)O[SiH](CCCCCCCCCCCCCCCCCC)CCCCCCCCCCCCCCCCCC.CCCCCCCCCCCCCCCCCC[Si](C)(CCCN)O[Si](CCCN)(CCCCCCCCCCCCCCCCCC)CCCCCCCCCCCCCCCCCC. The Morgan fingerprint density at radius 3 is 0.507 bits per heavy atom. The van der Waals surface area contributed by atoms with Gasteiger partial charge in [0.1, 0.15) is 0 Å². The molecular weight excluding hydrogens is 1690 g/mol. The molecular formula is C125H277N3O2Si4. The molecule has 5 nitrogen and oxygen atoms in total. The van der Waals surface area contributed by atoms with E-state index in [-0.39, 0.29) is 44.6 Å². The predicted molar refractivity (Wildman–Crippen MR) is 642 cm³/mol. The van der Waals surface area contributed by atoms with Crippen molar-refractivity contribution in [3.63, 3.8) is 0 Å². The van der Waals surface area contributed by atoms with Crippen LogP contribution in [-0.2, 0) is 8.23 Å². The smallest absolute Gasteiger partial charge is 0.179 e. The molecule has 820 valence electrons. The third-order valence-electron chi connectivity index (χ3n) is 29.6. The lowest BCUT2D eigenvalue weighted by Gasteiger charge is -2.42. The minimum atomic E-state index is -1.89. The zero-order valence-electron chi connectivity index (χ0n) is 91.1. The molecule has 2 unspecified atom stereocenters. The van der Waals surface area contributed by atoms with Crippen LogP contribution in [0, 0.1) is 0 Å². The van der Waals surface area contributed by atoms with Crippen molar-refractivity contribution in [1.82, 2.24) is 0 Å². The highest BCUT2D eigenvalue weighted by atomic mass is 28.4. The Labute approximate surface area is 863 Å². The van der Waals surface area contributed by atoms with Gasteiger partial charge in [-0.3, -0.25) is 0 Å². The van der Waals surface area contributed by atoms with Gasteiger partial charge < -0.3 is 25.4 Å². The maximum Gasteiger partial charge on any atom is 0.179 e. The van der Waals surface area contributed by atoms with E-state index in [0.717, 1.165) is 19.5 Å². The molecule has 2 atom stereocenters. The predicted octanol–water partition coefficient (Wildman–Crippen LogP) is 46.8. The summed E-state index contributed by atoms with van der Waals surface area (Å²) in [6, 6.07) is 11.1. The molecule has 6 N–H and O–H groups in total. The fourth-order valence-electron chi connectivity index (χ4n) is 20.7. The third kappa shape index (κ3) is 130. The summed E-state index contributed by atoms with van der Waals surface area (Å²) in [7, 11) is -5.72. The van der Waals surface area contributed by atoms with Gasteiger partial charge in [0.25, 0.3) is 0 Å². The maximum atomic E-state index is 7.97. The summed E-state index contributed by atoms with van der Waals surface area (Å²) in [4.78, 5) is 0. The Bertz CT molecular complexity index is 1850. The molecule has 0 saturated heterocycles. The molecule has 134 heavy (non-hydrogen) atoms. The number of nitrogens with two attached hydrogens (primary N) is 3. The zero-order chi connectivity index (χ0) is 93.4. The van der Waals surface area contributed by atoms with E-state index < -0.39 is 34.7 Å². The van der Waals surface area contributed by atoms with E-state index in [1.807, 2.05) is 0 Å². The summed E-state index contributed by atoms with van der Waals surface area (Å²) in [5.74, 6) is 0. The molecule has 0 amide bonds. The first-order valence-electron chi connectivity index (χ1n) is 61.2. The Morgan fingerprint density at radius 2 is 0.336 bits per heavy atom. The van der Waals surface area contributed by atoms with Crippen molar-refractivity contribution in [2.75, 3.05) is 19.6 Å². The van der Waals surface area contributed by atoms with Gasteiger partial charge in [-0.05, 0) is 87.4 Å². The van der Waals surface area contributed by atoms with E-state index >= 15 is 0 Å². The van der Waals surface area contributed by atoms with Gasteiger partial charge in [0.05, 0.1) is 0 Å². The van der Waals surface area contributed by atoms with E-state index in [2.05, 4.69) is 61.2 Å². The van der Waals surface area contributed by atoms with Crippen LogP contribution in [0.5, 0.6) is 0 Å². The number of rotatable bonds is 113. The van der Waals surface area contributed by atoms with E-state index in [4.69, 9.17) is 25.4 Å². The summed E-state index contributed by atoms with van der Waals surface area (Å²) in [5, 5.41) is 0. The number of hydrogen-bond acceptors (Lipinski definition) is 5. The van der Waals surface area contributed by atoms with Gasteiger partial charge in [-0.2, -0.15) is 0 Å². The van der Waals surface area contributed by atoms with Crippen LogP contribution in [-0.4, -0.2) is 54.3 Å². The van der Waals surface area contributed by atoms with Crippen LogP contribution in [0.25, 0.3) is 0 Å². The second-order valence-corrected chi connectivity index (χ2v) is 57.3. The lowest BCUT2D eigenvalue weighted by Crippen LogP contribution is -2.50. The Balaban J connectivity index is -0.000000309. The van der Waals surface area contributed by atoms with E-state index in [1.165, 1.54) is 671 Å². The van der Waals surface area contributed by atoms with Crippen molar-refractivity contribution in [2.24, 2.45) is 17.2 Å².